The van der Waals surface area contributed by atoms with Gasteiger partial charge in [0.05, 0.1) is 6.10 Å². The lowest BCUT2D eigenvalue weighted by atomic mass is 9.93. The second-order valence-corrected chi connectivity index (χ2v) is 9.09. The summed E-state index contributed by atoms with van der Waals surface area (Å²) in [4.78, 5) is 4.53. The number of alkyl halides is 3. The van der Waals surface area contributed by atoms with Crippen LogP contribution in [-0.2, 0) is 10.0 Å². The van der Waals surface area contributed by atoms with Crippen LogP contribution < -0.4 is 10.6 Å². The SMILES string of the molecule is CCNC(=NCC1CCN(S(=O)(=O)C(F)(F)F)CC1)NC1CCC(O)CC1.I. The van der Waals surface area contributed by atoms with Crippen molar-refractivity contribution in [1.82, 2.24) is 14.9 Å². The van der Waals surface area contributed by atoms with Crippen LogP contribution in [0.25, 0.3) is 0 Å². The van der Waals surface area contributed by atoms with E-state index in [9.17, 15) is 26.7 Å². The third kappa shape index (κ3) is 7.17. The molecule has 0 aromatic carbocycles. The van der Waals surface area contributed by atoms with Crippen LogP contribution in [0, 0.1) is 5.92 Å². The Morgan fingerprint density at radius 1 is 1.14 bits per heavy atom. The molecule has 166 valence electrons. The van der Waals surface area contributed by atoms with Crippen LogP contribution in [0.3, 0.4) is 0 Å². The van der Waals surface area contributed by atoms with Crippen molar-refractivity contribution in [2.45, 2.75) is 63.1 Å². The highest BCUT2D eigenvalue weighted by molar-refractivity contribution is 14.0. The number of hydrogen-bond donors (Lipinski definition) is 3. The van der Waals surface area contributed by atoms with Crippen LogP contribution in [0.4, 0.5) is 13.2 Å². The van der Waals surface area contributed by atoms with E-state index in [4.69, 9.17) is 0 Å². The number of guanidine groups is 1. The summed E-state index contributed by atoms with van der Waals surface area (Å²) in [5, 5.41) is 16.1. The molecule has 1 aliphatic carbocycles. The smallest absolute Gasteiger partial charge is 0.393 e. The summed E-state index contributed by atoms with van der Waals surface area (Å²) in [6, 6.07) is 0.241. The zero-order valence-corrected chi connectivity index (χ0v) is 19.1. The Morgan fingerprint density at radius 3 is 2.21 bits per heavy atom. The molecular formula is C16H30F3IN4O3S. The number of aliphatic hydroxyl groups is 1. The van der Waals surface area contributed by atoms with Crippen molar-refractivity contribution < 1.29 is 26.7 Å². The number of nitrogens with zero attached hydrogens (tertiary/aromatic N) is 2. The van der Waals surface area contributed by atoms with Gasteiger partial charge in [-0.25, -0.2) is 8.42 Å². The van der Waals surface area contributed by atoms with E-state index in [0.29, 0.717) is 36.2 Å². The number of aliphatic hydroxyl groups excluding tert-OH is 1. The fourth-order valence-corrected chi connectivity index (χ4v) is 4.42. The van der Waals surface area contributed by atoms with Gasteiger partial charge in [-0.3, -0.25) is 4.99 Å². The van der Waals surface area contributed by atoms with Crippen molar-refractivity contribution in [2.75, 3.05) is 26.2 Å². The number of sulfonamides is 1. The van der Waals surface area contributed by atoms with E-state index in [1.54, 1.807) is 0 Å². The molecule has 3 N–H and O–H groups in total. The lowest BCUT2D eigenvalue weighted by Gasteiger charge is -2.31. The number of nitrogens with one attached hydrogen (secondary N) is 2. The minimum Gasteiger partial charge on any atom is -0.393 e. The molecule has 0 aromatic heterocycles. The quantitative estimate of drug-likeness (QED) is 0.281. The fourth-order valence-electron chi connectivity index (χ4n) is 3.43. The van der Waals surface area contributed by atoms with Gasteiger partial charge >= 0.3 is 15.5 Å². The first-order valence-electron chi connectivity index (χ1n) is 9.42. The monoisotopic (exact) mass is 542 g/mol. The lowest BCUT2D eigenvalue weighted by Crippen LogP contribution is -2.46. The summed E-state index contributed by atoms with van der Waals surface area (Å²) in [5.74, 6) is 0.706. The Balaban J connectivity index is 0.00000392. The summed E-state index contributed by atoms with van der Waals surface area (Å²) < 4.78 is 61.3. The fraction of sp³-hybridized carbons (Fsp3) is 0.938. The lowest BCUT2D eigenvalue weighted by molar-refractivity contribution is -0.0496. The molecule has 0 atom stereocenters. The molecule has 2 rings (SSSR count). The van der Waals surface area contributed by atoms with E-state index >= 15 is 0 Å². The summed E-state index contributed by atoms with van der Waals surface area (Å²) in [6.45, 7) is 2.80. The maximum atomic E-state index is 12.6. The first kappa shape index (κ1) is 25.7. The van der Waals surface area contributed by atoms with Crippen LogP contribution in [0.2, 0.25) is 0 Å². The highest BCUT2D eigenvalue weighted by Crippen LogP contribution is 2.30. The van der Waals surface area contributed by atoms with Crippen molar-refractivity contribution in [1.29, 1.82) is 0 Å². The van der Waals surface area contributed by atoms with Crippen LogP contribution in [0.5, 0.6) is 0 Å². The van der Waals surface area contributed by atoms with Crippen molar-refractivity contribution in [3.8, 4) is 0 Å². The largest absolute Gasteiger partial charge is 0.511 e. The Labute approximate surface area is 181 Å². The molecule has 12 heteroatoms. The number of piperidine rings is 1. The Hall–Kier alpha value is -0.340. The van der Waals surface area contributed by atoms with Gasteiger partial charge in [0.1, 0.15) is 0 Å². The third-order valence-electron chi connectivity index (χ3n) is 5.10. The first-order chi connectivity index (χ1) is 12.6. The molecule has 1 saturated carbocycles. The van der Waals surface area contributed by atoms with Gasteiger partial charge in [-0.05, 0) is 51.4 Å². The zero-order chi connectivity index (χ0) is 20.1. The van der Waals surface area contributed by atoms with Crippen LogP contribution in [0.15, 0.2) is 4.99 Å². The first-order valence-corrected chi connectivity index (χ1v) is 10.9. The predicted molar refractivity (Wildman–Crippen MR) is 112 cm³/mol. The van der Waals surface area contributed by atoms with E-state index < -0.39 is 15.5 Å². The summed E-state index contributed by atoms with van der Waals surface area (Å²) >= 11 is 0. The van der Waals surface area contributed by atoms with E-state index in [1.807, 2.05) is 6.92 Å². The molecule has 7 nitrogen and oxygen atoms in total. The molecule has 0 amide bonds. The van der Waals surface area contributed by atoms with Crippen molar-refractivity contribution >= 4 is 40.0 Å². The number of rotatable bonds is 5. The Bertz CT molecular complexity index is 603. The molecule has 28 heavy (non-hydrogen) atoms. The molecule has 2 aliphatic rings. The number of aliphatic imine (C=N–C) groups is 1. The maximum absolute atomic E-state index is 12.6. The molecular weight excluding hydrogens is 512 g/mol. The predicted octanol–water partition coefficient (Wildman–Crippen LogP) is 2.02. The molecule has 0 radical (unpaired) electrons. The van der Waals surface area contributed by atoms with Crippen molar-refractivity contribution in [3.05, 3.63) is 0 Å². The van der Waals surface area contributed by atoms with Gasteiger partial charge in [0.25, 0.3) is 0 Å². The minimum absolute atomic E-state index is 0. The zero-order valence-electron chi connectivity index (χ0n) is 15.9. The topological polar surface area (TPSA) is 94.0 Å². The summed E-state index contributed by atoms with van der Waals surface area (Å²) in [5.41, 5.74) is -5.24. The van der Waals surface area contributed by atoms with Crippen LogP contribution in [0.1, 0.15) is 45.4 Å². The minimum atomic E-state index is -5.24. The molecule has 0 spiro atoms. The van der Waals surface area contributed by atoms with Gasteiger partial charge in [-0.15, -0.1) is 24.0 Å². The van der Waals surface area contributed by atoms with Gasteiger partial charge in [-0.1, -0.05) is 0 Å². The van der Waals surface area contributed by atoms with Crippen molar-refractivity contribution in [2.24, 2.45) is 10.9 Å². The third-order valence-corrected chi connectivity index (χ3v) is 6.73. The Morgan fingerprint density at radius 2 is 1.71 bits per heavy atom. The summed E-state index contributed by atoms with van der Waals surface area (Å²) in [6.07, 6.45) is 3.70. The maximum Gasteiger partial charge on any atom is 0.511 e. The van der Waals surface area contributed by atoms with Gasteiger partial charge < -0.3 is 15.7 Å². The highest BCUT2D eigenvalue weighted by Gasteiger charge is 2.50. The van der Waals surface area contributed by atoms with Gasteiger partial charge in [-0.2, -0.15) is 17.5 Å². The molecule has 0 aromatic rings. The molecule has 0 unspecified atom stereocenters. The van der Waals surface area contributed by atoms with Gasteiger partial charge in [0, 0.05) is 32.2 Å². The standard InChI is InChI=1S/C16H29F3N4O3S.HI/c1-2-20-15(22-13-3-5-14(24)6-4-13)21-11-12-7-9-23(10-8-12)27(25,26)16(17,18)19;/h12-14,24H,2-11H2,1H3,(H2,20,21,22);1H. The van der Waals surface area contributed by atoms with Crippen molar-refractivity contribution in [3.63, 3.8) is 0 Å². The van der Waals surface area contributed by atoms with Gasteiger partial charge in [0.2, 0.25) is 0 Å². The highest BCUT2D eigenvalue weighted by atomic mass is 127. The number of hydrogen-bond acceptors (Lipinski definition) is 4. The van der Waals surface area contributed by atoms with E-state index in [2.05, 4.69) is 15.6 Å². The average molecular weight is 542 g/mol. The van der Waals surface area contributed by atoms with Gasteiger partial charge in [0.15, 0.2) is 5.96 Å². The Kier molecular flexibility index (Phi) is 10.2. The molecule has 2 fully saturated rings. The van der Waals surface area contributed by atoms with E-state index in [0.717, 1.165) is 25.7 Å². The second kappa shape index (κ2) is 11.2. The van der Waals surface area contributed by atoms with E-state index in [1.165, 1.54) is 0 Å². The molecule has 0 bridgehead atoms. The second-order valence-electron chi connectivity index (χ2n) is 7.16. The molecule has 1 aliphatic heterocycles. The van der Waals surface area contributed by atoms with E-state index in [-0.39, 0.29) is 55.1 Å². The molecule has 1 heterocycles. The average Bonchev–Trinajstić information content (AvgIpc) is 2.61. The normalized spacial score (nSPS) is 25.8. The summed E-state index contributed by atoms with van der Waals surface area (Å²) in [7, 11) is -5.23. The molecule has 1 saturated heterocycles. The van der Waals surface area contributed by atoms with Crippen LogP contribution >= 0.6 is 24.0 Å². The number of halogens is 4. The van der Waals surface area contributed by atoms with Crippen LogP contribution in [-0.4, -0.2) is 67.6 Å².